The molecule has 6 nitrogen and oxygen atoms in total. The average molecular weight is 662 g/mol. The fourth-order valence-corrected chi connectivity index (χ4v) is 6.23. The van der Waals surface area contributed by atoms with Crippen molar-refractivity contribution in [1.29, 1.82) is 0 Å². The number of halogens is 1. The zero-order valence-electron chi connectivity index (χ0n) is 19.5. The number of carbonyl (C=O) groups is 1. The Morgan fingerprint density at radius 2 is 1.91 bits per heavy atom. The van der Waals surface area contributed by atoms with Gasteiger partial charge in [0, 0.05) is 0 Å². The number of aliphatic hydroxyl groups excluding tert-OH is 1. The molecule has 2 heterocycles. The number of benzene rings is 3. The van der Waals surface area contributed by atoms with Crippen molar-refractivity contribution in [3.63, 3.8) is 0 Å². The van der Waals surface area contributed by atoms with Gasteiger partial charge in [0.05, 0.1) is 0 Å². The Morgan fingerprint density at radius 1 is 1.17 bits per heavy atom. The summed E-state index contributed by atoms with van der Waals surface area (Å²) in [4.78, 5) is 15.8. The third-order valence-electron chi connectivity index (χ3n) is 6.96. The number of amides is 1. The topological polar surface area (TPSA) is 70.4 Å². The molecule has 2 atom stereocenters. The van der Waals surface area contributed by atoms with Gasteiger partial charge in [-0.3, -0.25) is 0 Å². The van der Waals surface area contributed by atoms with Gasteiger partial charge in [0.1, 0.15) is 0 Å². The van der Waals surface area contributed by atoms with Crippen LogP contribution in [0.2, 0.25) is 0 Å². The van der Waals surface area contributed by atoms with E-state index in [0.717, 1.165) is 35.2 Å². The van der Waals surface area contributed by atoms with Crippen molar-refractivity contribution in [3.8, 4) is 11.3 Å². The number of likely N-dealkylation sites (tertiary alicyclic amines) is 1. The predicted octanol–water partition coefficient (Wildman–Crippen LogP) is 3.99. The number of anilines is 1. The minimum atomic E-state index is -0.882. The maximum absolute atomic E-state index is 13.6. The van der Waals surface area contributed by atoms with Gasteiger partial charge in [0.2, 0.25) is 0 Å². The summed E-state index contributed by atoms with van der Waals surface area (Å²) in [5.74, 6) is -0.467. The number of hydrogen-bond acceptors (Lipinski definition) is 4. The van der Waals surface area contributed by atoms with Crippen molar-refractivity contribution in [3.05, 3.63) is 84.2 Å². The molecule has 5 rings (SSSR count). The molecule has 3 aromatic carbocycles. The fourth-order valence-electron chi connectivity index (χ4n) is 4.90. The first-order valence-electron chi connectivity index (χ1n) is 11.7. The molecule has 176 valence electrons. The van der Waals surface area contributed by atoms with E-state index in [1.165, 1.54) is 17.7 Å². The summed E-state index contributed by atoms with van der Waals surface area (Å²) in [6.07, 6.45) is -0.196. The molecule has 1 aliphatic rings. The first-order chi connectivity index (χ1) is 16.9. The fraction of sp³-hybridized carbons (Fsp3) is 0.259. The van der Waals surface area contributed by atoms with E-state index in [2.05, 4.69) is 27.4 Å². The van der Waals surface area contributed by atoms with Crippen molar-refractivity contribution in [2.45, 2.75) is 26.0 Å². The molecule has 35 heavy (non-hydrogen) atoms. The van der Waals surface area contributed by atoms with E-state index in [1.54, 1.807) is 19.1 Å². The quantitative estimate of drug-likeness (QED) is 0.307. The van der Waals surface area contributed by atoms with Crippen molar-refractivity contribution < 1.29 is 14.3 Å². The monoisotopic (exact) mass is 662 g/mol. The van der Waals surface area contributed by atoms with Crippen molar-refractivity contribution in [2.24, 2.45) is 5.41 Å². The van der Waals surface area contributed by atoms with Crippen LogP contribution in [0.25, 0.3) is 22.2 Å². The van der Waals surface area contributed by atoms with E-state index in [1.807, 2.05) is 38.9 Å². The van der Waals surface area contributed by atoms with Gasteiger partial charge in [0.25, 0.3) is 0 Å². The summed E-state index contributed by atoms with van der Waals surface area (Å²) >= 11 is 0.463. The van der Waals surface area contributed by atoms with Gasteiger partial charge in [-0.25, -0.2) is 0 Å². The number of rotatable bonds is 6. The molecule has 2 N–H and O–H groups in total. The third kappa shape index (κ3) is 4.76. The van der Waals surface area contributed by atoms with Crippen LogP contribution in [-0.2, 0) is 11.3 Å². The number of aromatic nitrogens is 2. The second kappa shape index (κ2) is 9.79. The molecule has 0 aliphatic carbocycles. The molecule has 0 saturated carbocycles. The predicted molar refractivity (Wildman–Crippen MR) is 135 cm³/mol. The summed E-state index contributed by atoms with van der Waals surface area (Å²) < 4.78 is 15.4. The molecule has 4 aromatic rings. The van der Waals surface area contributed by atoms with Gasteiger partial charge in [0.15, 0.2) is 0 Å². The van der Waals surface area contributed by atoms with Crippen LogP contribution in [0.5, 0.6) is 0 Å². The van der Waals surface area contributed by atoms with Crippen LogP contribution in [0.15, 0.2) is 72.8 Å². The Bertz CT molecular complexity index is 1360. The van der Waals surface area contributed by atoms with Gasteiger partial charge in [-0.1, -0.05) is 30.3 Å². The first-order valence-corrected chi connectivity index (χ1v) is 13.7. The standard InChI is InChI=1S/C27H27FN4O2.Tl/c1-18(33)27(13-14-32(17-27)16-19-5-3-2-4-6-19)26(34)29-22-11-12-24-23(15-22)25(31-30-24)20-7-9-21(28)10-8-20;/h2-12,15,18,33H,13-14,16-17H2,1H3,(H2,29,30,31,34);/q;+1/p-1. The van der Waals surface area contributed by atoms with E-state index in [-0.39, 0.29) is 11.7 Å². The van der Waals surface area contributed by atoms with Crippen LogP contribution in [-0.4, -0.2) is 68.8 Å². The Morgan fingerprint density at radius 3 is 2.63 bits per heavy atom. The molecule has 0 spiro atoms. The summed E-state index contributed by atoms with van der Waals surface area (Å²) in [6, 6.07) is 22.2. The van der Waals surface area contributed by atoms with Crippen molar-refractivity contribution in [1.82, 2.24) is 12.5 Å². The van der Waals surface area contributed by atoms with Gasteiger partial charge in [-0.05, 0) is 0 Å². The number of nitrogens with one attached hydrogen (secondary N) is 1. The number of carbonyl (C=O) groups excluding carboxylic acids is 1. The SMILES string of the molecule is CC(O)C1(C(=O)Nc2ccc3c(c2)c(-c2ccc(F)cc2)n[n]3[Tl])CCN(Cc2ccccc2)C1. The van der Waals surface area contributed by atoms with E-state index >= 15 is 0 Å². The van der Waals surface area contributed by atoms with Crippen LogP contribution in [0, 0.1) is 11.2 Å². The molecule has 1 saturated heterocycles. The van der Waals surface area contributed by atoms with Gasteiger partial charge >= 0.3 is 190 Å². The van der Waals surface area contributed by atoms with Crippen LogP contribution < -0.4 is 5.32 Å². The molecular formula is C27H26FN4O2Tl. The number of aliphatic hydroxyl groups is 1. The minimum absolute atomic E-state index is 0.175. The molecule has 0 bridgehead atoms. The summed E-state index contributed by atoms with van der Waals surface area (Å²) in [5.41, 5.74) is 3.53. The van der Waals surface area contributed by atoms with Gasteiger partial charge in [-0.15, -0.1) is 0 Å². The van der Waals surface area contributed by atoms with E-state index in [4.69, 9.17) is 0 Å². The van der Waals surface area contributed by atoms with Crippen LogP contribution in [0.3, 0.4) is 0 Å². The van der Waals surface area contributed by atoms with E-state index in [9.17, 15) is 14.3 Å². The zero-order valence-corrected chi connectivity index (χ0v) is 24.0. The second-order valence-corrected chi connectivity index (χ2v) is 11.2. The first kappa shape index (κ1) is 24.1. The molecule has 1 fully saturated rings. The molecule has 8 heteroatoms. The molecule has 1 aromatic heterocycles. The van der Waals surface area contributed by atoms with Crippen molar-refractivity contribution in [2.75, 3.05) is 18.4 Å². The van der Waals surface area contributed by atoms with Gasteiger partial charge < -0.3 is 0 Å². The Balaban J connectivity index is 1.40. The van der Waals surface area contributed by atoms with Crippen LogP contribution >= 0.6 is 0 Å². The molecule has 1 amide bonds. The zero-order chi connectivity index (χ0) is 24.6. The van der Waals surface area contributed by atoms with E-state index < -0.39 is 11.5 Å². The number of hydrogen-bond donors (Lipinski definition) is 2. The van der Waals surface area contributed by atoms with Crippen LogP contribution in [0.4, 0.5) is 10.1 Å². The molecule has 2 unspecified atom stereocenters. The number of fused-ring (bicyclic) bond motifs is 1. The van der Waals surface area contributed by atoms with Gasteiger partial charge in [-0.2, -0.15) is 0 Å². The van der Waals surface area contributed by atoms with Crippen molar-refractivity contribution >= 4 is 48.6 Å². The molecular weight excluding hydrogens is 636 g/mol. The normalized spacial score (nSPS) is 19.1. The number of nitrogens with zero attached hydrogens (tertiary/aromatic N) is 3. The molecule has 0 radical (unpaired) electrons. The Kier molecular flexibility index (Phi) is 6.74. The summed E-state index contributed by atoms with van der Waals surface area (Å²) in [7, 11) is 0. The maximum atomic E-state index is 13.6. The third-order valence-corrected chi connectivity index (χ3v) is 8.49. The van der Waals surface area contributed by atoms with E-state index in [0.29, 0.717) is 44.7 Å². The Labute approximate surface area is 219 Å². The molecule has 1 aliphatic heterocycles. The average Bonchev–Trinajstić information content (AvgIpc) is 3.42. The summed E-state index contributed by atoms with van der Waals surface area (Å²) in [5, 5.41) is 19.4. The second-order valence-electron chi connectivity index (χ2n) is 9.26. The Hall–Kier alpha value is -2.63. The summed E-state index contributed by atoms with van der Waals surface area (Å²) in [6.45, 7) is 3.69. The van der Waals surface area contributed by atoms with Crippen LogP contribution in [0.1, 0.15) is 18.9 Å².